The Balaban J connectivity index is 1.92. The van der Waals surface area contributed by atoms with Crippen molar-refractivity contribution >= 4 is 0 Å². The number of rotatable bonds is 3. The van der Waals surface area contributed by atoms with Crippen LogP contribution in [0.25, 0.3) is 0 Å². The van der Waals surface area contributed by atoms with Gasteiger partial charge in [-0.25, -0.2) is 0 Å². The van der Waals surface area contributed by atoms with Gasteiger partial charge < -0.3 is 5.11 Å². The first-order valence-corrected chi connectivity index (χ1v) is 7.62. The molecule has 2 fully saturated rings. The number of nitrogens with zero attached hydrogens (tertiary/aromatic N) is 1. The molecule has 0 amide bonds. The molecule has 17 heavy (non-hydrogen) atoms. The van der Waals surface area contributed by atoms with Crippen LogP contribution in [0.4, 0.5) is 0 Å². The summed E-state index contributed by atoms with van der Waals surface area (Å²) in [6.45, 7) is 7.05. The summed E-state index contributed by atoms with van der Waals surface area (Å²) >= 11 is 0. The van der Waals surface area contributed by atoms with Crippen LogP contribution in [0.1, 0.15) is 58.8 Å². The van der Waals surface area contributed by atoms with Gasteiger partial charge in [0, 0.05) is 12.6 Å². The van der Waals surface area contributed by atoms with Gasteiger partial charge >= 0.3 is 0 Å². The third-order valence-electron chi connectivity index (χ3n) is 4.74. The number of hydrogen-bond donors (Lipinski definition) is 1. The molecule has 2 aliphatic rings. The lowest BCUT2D eigenvalue weighted by Crippen LogP contribution is -2.50. The summed E-state index contributed by atoms with van der Waals surface area (Å²) < 4.78 is 0. The van der Waals surface area contributed by atoms with Crippen molar-refractivity contribution in [1.82, 2.24) is 4.90 Å². The first-order chi connectivity index (χ1) is 8.20. The molecule has 1 saturated heterocycles. The van der Waals surface area contributed by atoms with E-state index in [4.69, 9.17) is 0 Å². The molecular formula is C15H29NO. The molecule has 1 N–H and O–H groups in total. The third kappa shape index (κ3) is 3.45. The van der Waals surface area contributed by atoms with Crippen molar-refractivity contribution in [2.24, 2.45) is 11.8 Å². The zero-order chi connectivity index (χ0) is 12.3. The average Bonchev–Trinajstić information content (AvgIpc) is 2.32. The predicted molar refractivity (Wildman–Crippen MR) is 72.0 cm³/mol. The molecule has 0 radical (unpaired) electrons. The van der Waals surface area contributed by atoms with E-state index in [1.54, 1.807) is 0 Å². The van der Waals surface area contributed by atoms with Crippen LogP contribution in [-0.2, 0) is 0 Å². The molecule has 0 aromatic heterocycles. The number of hydrogen-bond acceptors (Lipinski definition) is 2. The highest BCUT2D eigenvalue weighted by Gasteiger charge is 2.34. The summed E-state index contributed by atoms with van der Waals surface area (Å²) in [5, 5.41) is 10.3. The standard InChI is InChI=1S/C15H29NO/c1-3-5-13-7-8-15(17)14(10-13)16-9-4-6-12(2)11-16/h12-15,17H,3-11H2,1-2H3. The maximum atomic E-state index is 10.3. The van der Waals surface area contributed by atoms with Gasteiger partial charge in [0.2, 0.25) is 0 Å². The van der Waals surface area contributed by atoms with Crippen LogP contribution in [0, 0.1) is 11.8 Å². The van der Waals surface area contributed by atoms with Gasteiger partial charge in [0.1, 0.15) is 0 Å². The van der Waals surface area contributed by atoms with Crippen molar-refractivity contribution in [1.29, 1.82) is 0 Å². The van der Waals surface area contributed by atoms with Gasteiger partial charge in [0.25, 0.3) is 0 Å². The van der Waals surface area contributed by atoms with Gasteiger partial charge in [-0.05, 0) is 50.5 Å². The molecule has 0 aromatic carbocycles. The van der Waals surface area contributed by atoms with Gasteiger partial charge in [0.05, 0.1) is 6.10 Å². The van der Waals surface area contributed by atoms with E-state index in [0.717, 1.165) is 18.3 Å². The number of piperidine rings is 1. The topological polar surface area (TPSA) is 23.5 Å². The van der Waals surface area contributed by atoms with Crippen LogP contribution >= 0.6 is 0 Å². The number of likely N-dealkylation sites (tertiary alicyclic amines) is 1. The van der Waals surface area contributed by atoms with E-state index in [1.807, 2.05) is 0 Å². The van der Waals surface area contributed by atoms with E-state index in [0.29, 0.717) is 6.04 Å². The van der Waals surface area contributed by atoms with Crippen LogP contribution in [-0.4, -0.2) is 35.2 Å². The van der Waals surface area contributed by atoms with Crippen molar-refractivity contribution in [3.05, 3.63) is 0 Å². The molecule has 0 aromatic rings. The number of aliphatic hydroxyl groups excluding tert-OH is 1. The maximum absolute atomic E-state index is 10.3. The lowest BCUT2D eigenvalue weighted by Gasteiger charge is -2.43. The van der Waals surface area contributed by atoms with E-state index in [2.05, 4.69) is 18.7 Å². The minimum absolute atomic E-state index is 0.0617. The van der Waals surface area contributed by atoms with Crippen molar-refractivity contribution in [2.75, 3.05) is 13.1 Å². The van der Waals surface area contributed by atoms with E-state index in [9.17, 15) is 5.11 Å². The molecule has 2 heteroatoms. The minimum atomic E-state index is -0.0617. The van der Waals surface area contributed by atoms with Gasteiger partial charge in [-0.3, -0.25) is 4.90 Å². The summed E-state index contributed by atoms with van der Waals surface area (Å²) in [4.78, 5) is 2.58. The fraction of sp³-hybridized carbons (Fsp3) is 1.00. The van der Waals surface area contributed by atoms with Crippen molar-refractivity contribution in [3.8, 4) is 0 Å². The highest BCUT2D eigenvalue weighted by molar-refractivity contribution is 4.88. The Bertz CT molecular complexity index is 231. The molecule has 0 spiro atoms. The summed E-state index contributed by atoms with van der Waals surface area (Å²) in [6.07, 6.45) is 8.79. The van der Waals surface area contributed by atoms with E-state index < -0.39 is 0 Å². The Morgan fingerprint density at radius 2 is 2.06 bits per heavy atom. The lowest BCUT2D eigenvalue weighted by molar-refractivity contribution is -0.0139. The Kier molecular flexibility index (Phi) is 4.87. The van der Waals surface area contributed by atoms with Gasteiger partial charge in [0.15, 0.2) is 0 Å². The average molecular weight is 239 g/mol. The largest absolute Gasteiger partial charge is 0.391 e. The molecule has 0 bridgehead atoms. The Labute approximate surface area is 106 Å². The number of aliphatic hydroxyl groups is 1. The summed E-state index contributed by atoms with van der Waals surface area (Å²) in [7, 11) is 0. The smallest absolute Gasteiger partial charge is 0.0695 e. The van der Waals surface area contributed by atoms with E-state index in [-0.39, 0.29) is 6.10 Å². The van der Waals surface area contributed by atoms with Crippen LogP contribution in [0.5, 0.6) is 0 Å². The monoisotopic (exact) mass is 239 g/mol. The highest BCUT2D eigenvalue weighted by Crippen LogP contribution is 2.32. The highest BCUT2D eigenvalue weighted by atomic mass is 16.3. The second kappa shape index (κ2) is 6.19. The second-order valence-corrected chi connectivity index (χ2v) is 6.34. The Morgan fingerprint density at radius 3 is 2.76 bits per heavy atom. The molecular weight excluding hydrogens is 210 g/mol. The summed E-state index contributed by atoms with van der Waals surface area (Å²) in [5.41, 5.74) is 0. The Hall–Kier alpha value is -0.0800. The second-order valence-electron chi connectivity index (χ2n) is 6.34. The van der Waals surface area contributed by atoms with Crippen LogP contribution in [0.3, 0.4) is 0 Å². The van der Waals surface area contributed by atoms with Crippen molar-refractivity contribution in [3.63, 3.8) is 0 Å². The normalized spacial score (nSPS) is 40.4. The fourth-order valence-corrected chi connectivity index (χ4v) is 3.81. The molecule has 100 valence electrons. The molecule has 1 aliphatic carbocycles. The maximum Gasteiger partial charge on any atom is 0.0695 e. The van der Waals surface area contributed by atoms with Crippen LogP contribution in [0.2, 0.25) is 0 Å². The fourth-order valence-electron chi connectivity index (χ4n) is 3.81. The molecule has 1 aliphatic heterocycles. The SMILES string of the molecule is CCCC1CCC(O)C(N2CCCC(C)C2)C1. The molecule has 1 saturated carbocycles. The summed E-state index contributed by atoms with van der Waals surface area (Å²) in [5.74, 6) is 1.69. The first-order valence-electron chi connectivity index (χ1n) is 7.62. The van der Waals surface area contributed by atoms with Crippen LogP contribution in [0.15, 0.2) is 0 Å². The van der Waals surface area contributed by atoms with Gasteiger partial charge in [-0.15, -0.1) is 0 Å². The first kappa shape index (κ1) is 13.4. The molecule has 4 unspecified atom stereocenters. The minimum Gasteiger partial charge on any atom is -0.391 e. The zero-order valence-electron chi connectivity index (χ0n) is 11.6. The molecule has 2 nitrogen and oxygen atoms in total. The zero-order valence-corrected chi connectivity index (χ0v) is 11.6. The predicted octanol–water partition coefficient (Wildman–Crippen LogP) is 3.05. The van der Waals surface area contributed by atoms with Crippen molar-refractivity contribution in [2.45, 2.75) is 70.9 Å². The molecule has 4 atom stereocenters. The van der Waals surface area contributed by atoms with Gasteiger partial charge in [-0.1, -0.05) is 26.7 Å². The third-order valence-corrected chi connectivity index (χ3v) is 4.74. The quantitative estimate of drug-likeness (QED) is 0.818. The lowest BCUT2D eigenvalue weighted by atomic mass is 9.80. The van der Waals surface area contributed by atoms with Crippen molar-refractivity contribution < 1.29 is 5.11 Å². The van der Waals surface area contributed by atoms with Crippen LogP contribution < -0.4 is 0 Å². The van der Waals surface area contributed by atoms with Gasteiger partial charge in [-0.2, -0.15) is 0 Å². The molecule has 1 heterocycles. The Morgan fingerprint density at radius 1 is 1.24 bits per heavy atom. The summed E-state index contributed by atoms with van der Waals surface area (Å²) in [6, 6.07) is 0.461. The van der Waals surface area contributed by atoms with E-state index in [1.165, 1.54) is 51.6 Å². The molecule has 2 rings (SSSR count). The van der Waals surface area contributed by atoms with E-state index >= 15 is 0 Å².